The minimum absolute atomic E-state index is 0.0161. The maximum absolute atomic E-state index is 7.99. The lowest BCUT2D eigenvalue weighted by atomic mass is 9.64. The highest BCUT2D eigenvalue weighted by Crippen LogP contribution is 2.56. The van der Waals surface area contributed by atoms with Gasteiger partial charge in [-0.15, -0.1) is 0 Å². The van der Waals surface area contributed by atoms with E-state index < -0.39 is 8.32 Å². The fourth-order valence-corrected chi connectivity index (χ4v) is 14.1. The molecule has 3 heterocycles. The Morgan fingerprint density at radius 2 is 1.35 bits per heavy atom. The Hall–Kier alpha value is -2.24. The smallest absolute Gasteiger partial charge is 0.261 e. The van der Waals surface area contributed by atoms with E-state index in [9.17, 15) is 0 Å². The summed E-state index contributed by atoms with van der Waals surface area (Å²) in [5.41, 5.74) is 1.85. The summed E-state index contributed by atoms with van der Waals surface area (Å²) in [7, 11) is -2.66. The molecule has 3 aliphatic heterocycles. The van der Waals surface area contributed by atoms with Crippen LogP contribution in [0.1, 0.15) is 64.9 Å². The van der Waals surface area contributed by atoms with Crippen molar-refractivity contribution in [3.63, 3.8) is 0 Å². The van der Waals surface area contributed by atoms with Gasteiger partial charge in [-0.1, -0.05) is 125 Å². The summed E-state index contributed by atoms with van der Waals surface area (Å²) in [6.45, 7) is 9.52. The van der Waals surface area contributed by atoms with Gasteiger partial charge in [0.2, 0.25) is 0 Å². The molecule has 0 spiro atoms. The number of piperidine rings is 2. The quantitative estimate of drug-likeness (QED) is 0.359. The van der Waals surface area contributed by atoms with Crippen LogP contribution in [-0.2, 0) is 11.0 Å². The van der Waals surface area contributed by atoms with Crippen LogP contribution in [0.25, 0.3) is 0 Å². The Morgan fingerprint density at radius 1 is 0.800 bits per heavy atom. The molecule has 3 aromatic carbocycles. The van der Waals surface area contributed by atoms with Crippen LogP contribution in [0.3, 0.4) is 0 Å². The van der Waals surface area contributed by atoms with Crippen LogP contribution >= 0.6 is 0 Å². The first kappa shape index (κ1) is 26.6. The number of nitrogens with one attached hydrogen (secondary N) is 1. The highest BCUT2D eigenvalue weighted by atomic mass is 28.4. The van der Waals surface area contributed by atoms with Crippen molar-refractivity contribution in [3.8, 4) is 0 Å². The molecule has 4 unspecified atom stereocenters. The van der Waals surface area contributed by atoms with Crippen molar-refractivity contribution < 1.29 is 4.43 Å². The second-order valence-corrected chi connectivity index (χ2v) is 18.5. The first-order valence-corrected chi connectivity index (χ1v) is 17.6. The van der Waals surface area contributed by atoms with Gasteiger partial charge in [-0.3, -0.25) is 4.90 Å². The van der Waals surface area contributed by atoms with Crippen LogP contribution in [0.5, 0.6) is 0 Å². The zero-order valence-electron chi connectivity index (χ0n) is 24.6. The van der Waals surface area contributed by atoms with Gasteiger partial charge in [0, 0.05) is 25.2 Å². The monoisotopic (exact) mass is 550 g/mol. The third kappa shape index (κ3) is 4.34. The van der Waals surface area contributed by atoms with E-state index in [1.807, 2.05) is 0 Å². The van der Waals surface area contributed by atoms with E-state index in [4.69, 9.17) is 4.43 Å². The predicted molar refractivity (Wildman–Crippen MR) is 167 cm³/mol. The zero-order valence-corrected chi connectivity index (χ0v) is 25.6. The summed E-state index contributed by atoms with van der Waals surface area (Å²) < 4.78 is 7.99. The van der Waals surface area contributed by atoms with Crippen molar-refractivity contribution in [2.75, 3.05) is 6.54 Å². The number of rotatable bonds is 7. The van der Waals surface area contributed by atoms with E-state index in [0.29, 0.717) is 23.5 Å². The van der Waals surface area contributed by atoms with Crippen molar-refractivity contribution in [3.05, 3.63) is 96.6 Å². The molecule has 3 bridgehead atoms. The molecular weight excluding hydrogens is 504 g/mol. The minimum Gasteiger partial charge on any atom is -0.401 e. The van der Waals surface area contributed by atoms with E-state index in [-0.39, 0.29) is 11.1 Å². The second-order valence-electron chi connectivity index (χ2n) is 14.3. The molecule has 3 aromatic rings. The number of hydrogen-bond acceptors (Lipinski definition) is 3. The Balaban J connectivity index is 1.34. The summed E-state index contributed by atoms with van der Waals surface area (Å²) in [5.74, 6) is 0.866. The van der Waals surface area contributed by atoms with Crippen molar-refractivity contribution in [1.82, 2.24) is 10.2 Å². The molecule has 1 N–H and O–H groups in total. The fraction of sp³-hybridized carbons (Fsp3) is 0.500. The number of benzene rings is 3. The first-order chi connectivity index (χ1) is 19.4. The normalized spacial score (nSPS) is 30.7. The molecule has 1 saturated carbocycles. The number of hydrogen-bond donors (Lipinski definition) is 1. The van der Waals surface area contributed by atoms with Crippen LogP contribution in [0.4, 0.5) is 0 Å². The van der Waals surface area contributed by atoms with Gasteiger partial charge in [-0.2, -0.15) is 0 Å². The van der Waals surface area contributed by atoms with Crippen LogP contribution < -0.4 is 15.7 Å². The maximum atomic E-state index is 7.99. The van der Waals surface area contributed by atoms with E-state index in [2.05, 4.69) is 122 Å². The molecule has 5 atom stereocenters. The van der Waals surface area contributed by atoms with Gasteiger partial charge in [0.15, 0.2) is 0 Å². The minimum atomic E-state index is -2.66. The summed E-state index contributed by atoms with van der Waals surface area (Å²) in [5, 5.41) is 6.94. The molecule has 4 aliphatic rings. The summed E-state index contributed by atoms with van der Waals surface area (Å²) in [6, 6.07) is 35.0. The molecule has 4 heteroatoms. The third-order valence-electron chi connectivity index (χ3n) is 10.9. The van der Waals surface area contributed by atoms with Gasteiger partial charge in [0.1, 0.15) is 0 Å². The number of nitrogens with zero attached hydrogens (tertiary/aromatic N) is 1. The average Bonchev–Trinajstić information content (AvgIpc) is 3.57. The molecule has 4 fully saturated rings. The number of fused-ring (bicyclic) bond motifs is 2. The predicted octanol–water partition coefficient (Wildman–Crippen LogP) is 6.13. The van der Waals surface area contributed by atoms with Crippen LogP contribution in [0.15, 0.2) is 91.0 Å². The van der Waals surface area contributed by atoms with Crippen LogP contribution in [0.2, 0.25) is 5.04 Å². The first-order valence-electron chi connectivity index (χ1n) is 15.7. The van der Waals surface area contributed by atoms with Crippen molar-refractivity contribution >= 4 is 18.7 Å². The standard InChI is InChI=1S/C36H46N2OSi/c1-35(2,3)40(29-19-9-5-10-20-29,30-21-11-6-12-22-30)39-34-32-24-36(28-17-13-14-18-28)23-31(37-32)33(34)38(26-36)25-27-15-7-4-8-16-27/h4-12,15-16,19-22,28,31-34,37H,13-14,17-18,23-26H2,1-3H3/t31?,32?,33?,34-,36?/m0/s1. The molecule has 3 saturated heterocycles. The van der Waals surface area contributed by atoms with E-state index in [0.717, 1.165) is 12.5 Å². The van der Waals surface area contributed by atoms with Crippen LogP contribution in [0, 0.1) is 11.3 Å². The van der Waals surface area contributed by atoms with Gasteiger partial charge in [0.05, 0.1) is 12.1 Å². The van der Waals surface area contributed by atoms with E-state index >= 15 is 0 Å². The topological polar surface area (TPSA) is 24.5 Å². The highest BCUT2D eigenvalue weighted by molar-refractivity contribution is 6.99. The van der Waals surface area contributed by atoms with E-state index in [1.54, 1.807) is 0 Å². The summed E-state index contributed by atoms with van der Waals surface area (Å²) >= 11 is 0. The largest absolute Gasteiger partial charge is 0.401 e. The fourth-order valence-electron chi connectivity index (χ4n) is 9.38. The zero-order chi connectivity index (χ0) is 27.4. The molecule has 1 aliphatic carbocycles. The van der Waals surface area contributed by atoms with Gasteiger partial charge >= 0.3 is 0 Å². The summed E-state index contributed by atoms with van der Waals surface area (Å²) in [4.78, 5) is 2.87. The molecule has 7 rings (SSSR count). The lowest BCUT2D eigenvalue weighted by molar-refractivity contribution is -0.0287. The Morgan fingerprint density at radius 3 is 1.93 bits per heavy atom. The van der Waals surface area contributed by atoms with Gasteiger partial charge in [-0.25, -0.2) is 0 Å². The number of likely N-dealkylation sites (tertiary alicyclic amines) is 1. The molecular formula is C36H46N2OSi. The van der Waals surface area contributed by atoms with Gasteiger partial charge < -0.3 is 9.74 Å². The van der Waals surface area contributed by atoms with Crippen molar-refractivity contribution in [1.29, 1.82) is 0 Å². The molecule has 0 aromatic heterocycles. The molecule has 210 valence electrons. The van der Waals surface area contributed by atoms with Crippen LogP contribution in [-0.4, -0.2) is 44.0 Å². The van der Waals surface area contributed by atoms with Crippen molar-refractivity contribution in [2.45, 2.75) is 95.1 Å². The lowest BCUT2D eigenvalue weighted by Crippen LogP contribution is -2.69. The van der Waals surface area contributed by atoms with Gasteiger partial charge in [0.25, 0.3) is 8.32 Å². The molecule has 0 amide bonds. The van der Waals surface area contributed by atoms with Gasteiger partial charge in [-0.05, 0) is 58.0 Å². The Bertz CT molecular complexity index is 1250. The Kier molecular flexibility index (Phi) is 6.82. The molecule has 40 heavy (non-hydrogen) atoms. The van der Waals surface area contributed by atoms with Crippen molar-refractivity contribution in [2.24, 2.45) is 11.3 Å². The average molecular weight is 551 g/mol. The maximum Gasteiger partial charge on any atom is 0.261 e. The highest BCUT2D eigenvalue weighted by Gasteiger charge is 2.64. The SMILES string of the molecule is CC(C)(C)[Si](O[C@H]1C2CC3(C4CCCC4)CC(N2)C1N(Cc1ccccc1)C3)(c1ccccc1)c1ccccc1. The lowest BCUT2D eigenvalue weighted by Gasteiger charge is -2.53. The molecule has 0 radical (unpaired) electrons. The third-order valence-corrected chi connectivity index (χ3v) is 16.0. The van der Waals surface area contributed by atoms with E-state index in [1.165, 1.54) is 61.0 Å². The molecule has 3 nitrogen and oxygen atoms in total. The Labute approximate surface area is 242 Å². The summed E-state index contributed by atoms with van der Waals surface area (Å²) in [6.07, 6.45) is 8.45. The second kappa shape index (κ2) is 10.2.